The zero-order valence-electron chi connectivity index (χ0n) is 16.2. The topological polar surface area (TPSA) is 91.4 Å². The number of esters is 1. The van der Waals surface area contributed by atoms with E-state index < -0.39 is 11.6 Å². The highest BCUT2D eigenvalue weighted by molar-refractivity contribution is 5.90. The molecular weight excluding hydrogens is 360 g/mol. The molecule has 0 saturated heterocycles. The summed E-state index contributed by atoms with van der Waals surface area (Å²) < 4.78 is 12.0. The second-order valence-electron chi connectivity index (χ2n) is 6.58. The van der Waals surface area contributed by atoms with Crippen LogP contribution in [0.1, 0.15) is 48.3 Å². The molecule has 0 bridgehead atoms. The fourth-order valence-electron chi connectivity index (χ4n) is 2.94. The molecule has 0 unspecified atom stereocenters. The zero-order valence-corrected chi connectivity index (χ0v) is 16.2. The minimum atomic E-state index is -0.672. The lowest BCUT2D eigenvalue weighted by atomic mass is 10.1. The van der Waals surface area contributed by atoms with Crippen LogP contribution in [0.2, 0.25) is 0 Å². The van der Waals surface area contributed by atoms with Crippen LogP contribution in [-0.2, 0) is 13.0 Å². The van der Waals surface area contributed by atoms with E-state index in [9.17, 15) is 14.4 Å². The standard InChI is InChI=1S/C21H22N2O5/c1-4-6-9-23-19(24)8-7-16(22-23)21(26)28-17-12-18-15(11-14(17)5-2)13(3)10-20(25)27-18/h7-8,10-12H,4-6,9H2,1-3H3. The Morgan fingerprint density at radius 1 is 1.18 bits per heavy atom. The van der Waals surface area contributed by atoms with Crippen molar-refractivity contribution in [3.63, 3.8) is 0 Å². The second-order valence-corrected chi connectivity index (χ2v) is 6.58. The molecule has 3 rings (SSSR count). The average Bonchev–Trinajstić information content (AvgIpc) is 2.66. The van der Waals surface area contributed by atoms with Crippen LogP contribution in [0.15, 0.2) is 44.3 Å². The van der Waals surface area contributed by atoms with Crippen molar-refractivity contribution in [3.8, 4) is 5.75 Å². The Balaban J connectivity index is 1.96. The molecule has 2 aromatic heterocycles. The second kappa shape index (κ2) is 8.21. The lowest BCUT2D eigenvalue weighted by molar-refractivity contribution is 0.0724. The maximum atomic E-state index is 12.6. The number of aromatic nitrogens is 2. The SMILES string of the molecule is CCCCn1nc(C(=O)Oc2cc3oc(=O)cc(C)c3cc2CC)ccc1=O. The minimum absolute atomic E-state index is 0.0450. The molecule has 0 atom stereocenters. The van der Waals surface area contributed by atoms with Gasteiger partial charge in [-0.15, -0.1) is 0 Å². The first kappa shape index (κ1) is 19.5. The van der Waals surface area contributed by atoms with Gasteiger partial charge in [-0.3, -0.25) is 4.79 Å². The molecule has 7 heteroatoms. The van der Waals surface area contributed by atoms with Crippen molar-refractivity contribution >= 4 is 16.9 Å². The maximum absolute atomic E-state index is 12.6. The van der Waals surface area contributed by atoms with Crippen molar-refractivity contribution in [2.24, 2.45) is 0 Å². The van der Waals surface area contributed by atoms with E-state index in [4.69, 9.17) is 9.15 Å². The van der Waals surface area contributed by atoms with Crippen LogP contribution < -0.4 is 15.9 Å². The highest BCUT2D eigenvalue weighted by atomic mass is 16.5. The molecule has 1 aromatic carbocycles. The first-order chi connectivity index (χ1) is 13.4. The number of rotatable bonds is 6. The zero-order chi connectivity index (χ0) is 20.3. The summed E-state index contributed by atoms with van der Waals surface area (Å²) in [7, 11) is 0. The van der Waals surface area contributed by atoms with Gasteiger partial charge in [0.15, 0.2) is 5.69 Å². The van der Waals surface area contributed by atoms with Crippen LogP contribution in [0.3, 0.4) is 0 Å². The minimum Gasteiger partial charge on any atom is -0.423 e. The van der Waals surface area contributed by atoms with E-state index in [1.807, 2.05) is 26.8 Å². The Kier molecular flexibility index (Phi) is 5.73. The third-order valence-electron chi connectivity index (χ3n) is 4.52. The number of carbonyl (C=O) groups excluding carboxylic acids is 1. The van der Waals surface area contributed by atoms with Crippen LogP contribution in [0.5, 0.6) is 5.75 Å². The van der Waals surface area contributed by atoms with Crippen molar-refractivity contribution in [2.45, 2.75) is 46.6 Å². The van der Waals surface area contributed by atoms with Gasteiger partial charge in [0, 0.05) is 30.1 Å². The number of benzene rings is 1. The number of ether oxygens (including phenoxy) is 1. The van der Waals surface area contributed by atoms with Crippen molar-refractivity contribution in [2.75, 3.05) is 0 Å². The molecule has 0 N–H and O–H groups in total. The van der Waals surface area contributed by atoms with Crippen LogP contribution in [0.25, 0.3) is 11.0 Å². The van der Waals surface area contributed by atoms with Crippen LogP contribution in [-0.4, -0.2) is 15.7 Å². The highest BCUT2D eigenvalue weighted by Crippen LogP contribution is 2.28. The summed E-state index contributed by atoms with van der Waals surface area (Å²) in [4.78, 5) is 36.1. The molecule has 0 aliphatic rings. The Labute approximate surface area is 161 Å². The largest absolute Gasteiger partial charge is 0.423 e. The fraction of sp³-hybridized carbons (Fsp3) is 0.333. The van der Waals surface area contributed by atoms with Crippen molar-refractivity contribution < 1.29 is 13.9 Å². The monoisotopic (exact) mass is 382 g/mol. The molecule has 146 valence electrons. The third-order valence-corrected chi connectivity index (χ3v) is 4.52. The molecule has 0 saturated carbocycles. The van der Waals surface area contributed by atoms with Gasteiger partial charge < -0.3 is 9.15 Å². The number of aryl methyl sites for hydroxylation is 3. The molecule has 3 aromatic rings. The molecule has 28 heavy (non-hydrogen) atoms. The van der Waals surface area contributed by atoms with Crippen LogP contribution >= 0.6 is 0 Å². The van der Waals surface area contributed by atoms with Crippen LogP contribution in [0.4, 0.5) is 0 Å². The van der Waals surface area contributed by atoms with Gasteiger partial charge in [-0.05, 0) is 43.0 Å². The average molecular weight is 382 g/mol. The molecule has 2 heterocycles. The first-order valence-electron chi connectivity index (χ1n) is 9.30. The van der Waals surface area contributed by atoms with Gasteiger partial charge in [-0.25, -0.2) is 14.3 Å². The van der Waals surface area contributed by atoms with Crippen molar-refractivity contribution in [1.29, 1.82) is 0 Å². The fourth-order valence-corrected chi connectivity index (χ4v) is 2.94. The Hall–Kier alpha value is -3.22. The summed E-state index contributed by atoms with van der Waals surface area (Å²) in [5, 5.41) is 4.90. The summed E-state index contributed by atoms with van der Waals surface area (Å²) in [5.74, 6) is -0.365. The van der Waals surface area contributed by atoms with Crippen LogP contribution in [0, 0.1) is 6.92 Å². The highest BCUT2D eigenvalue weighted by Gasteiger charge is 2.16. The number of unbranched alkanes of at least 4 members (excludes halogenated alkanes) is 1. The maximum Gasteiger partial charge on any atom is 0.364 e. The molecule has 0 spiro atoms. The van der Waals surface area contributed by atoms with E-state index in [-0.39, 0.29) is 11.3 Å². The van der Waals surface area contributed by atoms with Gasteiger partial charge in [0.05, 0.1) is 0 Å². The lowest BCUT2D eigenvalue weighted by Gasteiger charge is -2.11. The summed E-state index contributed by atoms with van der Waals surface area (Å²) in [6.45, 7) is 6.22. The van der Waals surface area contributed by atoms with Crippen molar-refractivity contribution in [1.82, 2.24) is 9.78 Å². The van der Waals surface area contributed by atoms with Crippen molar-refractivity contribution in [3.05, 3.63) is 67.9 Å². The number of carbonyl (C=O) groups is 1. The molecular formula is C21H22N2O5. The van der Waals surface area contributed by atoms with E-state index in [2.05, 4.69) is 5.10 Å². The van der Waals surface area contributed by atoms with Gasteiger partial charge in [-0.2, -0.15) is 5.10 Å². The van der Waals surface area contributed by atoms with Gasteiger partial charge in [0.2, 0.25) is 0 Å². The predicted octanol–water partition coefficient (Wildman–Crippen LogP) is 3.24. The lowest BCUT2D eigenvalue weighted by Crippen LogP contribution is -2.25. The van der Waals surface area contributed by atoms with E-state index in [0.717, 1.165) is 29.4 Å². The Morgan fingerprint density at radius 2 is 1.96 bits per heavy atom. The third kappa shape index (κ3) is 4.03. The van der Waals surface area contributed by atoms with Gasteiger partial charge in [0.1, 0.15) is 11.3 Å². The summed E-state index contributed by atoms with van der Waals surface area (Å²) in [6, 6.07) is 7.49. The molecule has 0 radical (unpaired) electrons. The van der Waals surface area contributed by atoms with Gasteiger partial charge in [-0.1, -0.05) is 20.3 Å². The van der Waals surface area contributed by atoms with E-state index >= 15 is 0 Å². The normalized spacial score (nSPS) is 11.0. The predicted molar refractivity (Wildman–Crippen MR) is 105 cm³/mol. The van der Waals surface area contributed by atoms with E-state index in [0.29, 0.717) is 24.3 Å². The van der Waals surface area contributed by atoms with Gasteiger partial charge >= 0.3 is 11.6 Å². The smallest absolute Gasteiger partial charge is 0.364 e. The summed E-state index contributed by atoms with van der Waals surface area (Å²) >= 11 is 0. The number of fused-ring (bicyclic) bond motifs is 1. The molecule has 0 aliphatic carbocycles. The van der Waals surface area contributed by atoms with E-state index in [1.165, 1.54) is 22.9 Å². The Morgan fingerprint density at radius 3 is 2.68 bits per heavy atom. The molecule has 0 aliphatic heterocycles. The number of nitrogens with zero attached hydrogens (tertiary/aromatic N) is 2. The van der Waals surface area contributed by atoms with E-state index in [1.54, 1.807) is 6.07 Å². The molecule has 0 amide bonds. The van der Waals surface area contributed by atoms with Gasteiger partial charge in [0.25, 0.3) is 5.56 Å². The first-order valence-corrected chi connectivity index (χ1v) is 9.30. The summed E-state index contributed by atoms with van der Waals surface area (Å²) in [5.41, 5.74) is 1.27. The number of hydrogen-bond acceptors (Lipinski definition) is 6. The Bertz CT molecular complexity index is 1140. The molecule has 7 nitrogen and oxygen atoms in total. The number of hydrogen-bond donors (Lipinski definition) is 0. The quantitative estimate of drug-likeness (QED) is 0.369. The molecule has 0 fully saturated rings. The summed E-state index contributed by atoms with van der Waals surface area (Å²) in [6.07, 6.45) is 2.32.